The number of carbonyl (C=O) groups excluding carboxylic acids is 1. The first-order valence-electron chi connectivity index (χ1n) is 8.38. The highest BCUT2D eigenvalue weighted by Crippen LogP contribution is 2.43. The smallest absolute Gasteiger partial charge is 0.261 e. The van der Waals surface area contributed by atoms with Gasteiger partial charge in [0.1, 0.15) is 0 Å². The van der Waals surface area contributed by atoms with Gasteiger partial charge in [0.2, 0.25) is 5.78 Å². The Morgan fingerprint density at radius 2 is 1.42 bits per heavy atom. The van der Waals surface area contributed by atoms with Crippen LogP contribution in [0.25, 0.3) is 0 Å². The van der Waals surface area contributed by atoms with Gasteiger partial charge in [0.25, 0.3) is 5.79 Å². The van der Waals surface area contributed by atoms with Gasteiger partial charge in [-0.3, -0.25) is 4.79 Å². The minimum absolute atomic E-state index is 0.0205. The minimum atomic E-state index is -1.32. The lowest BCUT2D eigenvalue weighted by atomic mass is 9.96. The van der Waals surface area contributed by atoms with Crippen LogP contribution in [0.5, 0.6) is 0 Å². The van der Waals surface area contributed by atoms with Gasteiger partial charge < -0.3 is 9.47 Å². The summed E-state index contributed by atoms with van der Waals surface area (Å²) in [4.78, 5) is 13.3. The van der Waals surface area contributed by atoms with Crippen LogP contribution in [-0.2, 0) is 15.3 Å². The molecule has 2 aromatic rings. The largest absolute Gasteiger partial charge is 0.334 e. The second kappa shape index (κ2) is 6.71. The van der Waals surface area contributed by atoms with Gasteiger partial charge >= 0.3 is 0 Å². The summed E-state index contributed by atoms with van der Waals surface area (Å²) in [5.74, 6) is 0.666. The average molecular weight is 340 g/mol. The van der Waals surface area contributed by atoms with Crippen molar-refractivity contribution in [3.63, 3.8) is 0 Å². The molecule has 0 bridgehead atoms. The molecule has 0 radical (unpaired) electrons. The van der Waals surface area contributed by atoms with E-state index in [0.717, 1.165) is 29.9 Å². The first-order valence-corrected chi connectivity index (χ1v) is 9.54. The van der Waals surface area contributed by atoms with Gasteiger partial charge in [0, 0.05) is 11.1 Å². The summed E-state index contributed by atoms with van der Waals surface area (Å²) in [5.41, 5.74) is 1.40. The molecule has 4 heteroatoms. The van der Waals surface area contributed by atoms with Crippen molar-refractivity contribution in [3.05, 3.63) is 71.8 Å². The van der Waals surface area contributed by atoms with Crippen LogP contribution in [0.2, 0.25) is 0 Å². The lowest BCUT2D eigenvalue weighted by Crippen LogP contribution is -2.38. The van der Waals surface area contributed by atoms with E-state index < -0.39 is 5.79 Å². The highest BCUT2D eigenvalue weighted by atomic mass is 32.2. The summed E-state index contributed by atoms with van der Waals surface area (Å²) in [5, 5.41) is 0. The molecule has 24 heavy (non-hydrogen) atoms. The second-order valence-corrected chi connectivity index (χ2v) is 7.40. The molecule has 4 rings (SSSR count). The molecule has 3 nitrogen and oxygen atoms in total. The SMILES string of the molecule is O=C(c1ccccc1)C1(c2ccccc2)O[C@@H]2CCSCC[C@H]2O1. The fourth-order valence-electron chi connectivity index (χ4n) is 3.41. The minimum Gasteiger partial charge on any atom is -0.334 e. The molecule has 0 spiro atoms. The number of fused-ring (bicyclic) bond motifs is 1. The third-order valence-electron chi connectivity index (χ3n) is 4.63. The normalized spacial score (nSPS) is 25.7. The molecular formula is C20H20O3S. The Kier molecular flexibility index (Phi) is 4.44. The van der Waals surface area contributed by atoms with Crippen LogP contribution in [-0.4, -0.2) is 29.5 Å². The lowest BCUT2D eigenvalue weighted by molar-refractivity contribution is -0.145. The fraction of sp³-hybridized carbons (Fsp3) is 0.350. The van der Waals surface area contributed by atoms with Crippen LogP contribution in [0.15, 0.2) is 60.7 Å². The lowest BCUT2D eigenvalue weighted by Gasteiger charge is -2.27. The topological polar surface area (TPSA) is 35.5 Å². The van der Waals surface area contributed by atoms with Gasteiger partial charge in [-0.25, -0.2) is 0 Å². The third-order valence-corrected chi connectivity index (χ3v) is 5.68. The van der Waals surface area contributed by atoms with E-state index in [2.05, 4.69) is 0 Å². The molecule has 0 amide bonds. The number of carbonyl (C=O) groups is 1. The Morgan fingerprint density at radius 3 is 2.00 bits per heavy atom. The van der Waals surface area contributed by atoms with Crippen molar-refractivity contribution in [2.45, 2.75) is 30.8 Å². The standard InChI is InChI=1S/C20H20O3S/c21-19(15-7-3-1-4-8-15)20(16-9-5-2-6-10-16)22-17-11-13-24-14-12-18(17)23-20/h1-10,17-18H,11-14H2/t17-,18-/m1/s1. The van der Waals surface area contributed by atoms with Crippen molar-refractivity contribution in [1.82, 2.24) is 0 Å². The number of benzene rings is 2. The molecule has 0 unspecified atom stereocenters. The van der Waals surface area contributed by atoms with Gasteiger partial charge in [-0.15, -0.1) is 0 Å². The van der Waals surface area contributed by atoms with Crippen LogP contribution in [0.4, 0.5) is 0 Å². The highest BCUT2D eigenvalue weighted by molar-refractivity contribution is 7.99. The van der Waals surface area contributed by atoms with E-state index in [1.165, 1.54) is 0 Å². The van der Waals surface area contributed by atoms with Crippen molar-refractivity contribution in [3.8, 4) is 0 Å². The molecule has 2 aromatic carbocycles. The van der Waals surface area contributed by atoms with Crippen LogP contribution in [0, 0.1) is 0 Å². The van der Waals surface area contributed by atoms with E-state index in [9.17, 15) is 4.79 Å². The highest BCUT2D eigenvalue weighted by Gasteiger charge is 2.54. The van der Waals surface area contributed by atoms with E-state index in [0.29, 0.717) is 5.56 Å². The van der Waals surface area contributed by atoms with E-state index in [1.807, 2.05) is 72.4 Å². The van der Waals surface area contributed by atoms with Gasteiger partial charge in [-0.05, 0) is 24.3 Å². The molecule has 0 N–H and O–H groups in total. The Hall–Kier alpha value is -1.62. The molecule has 0 saturated carbocycles. The van der Waals surface area contributed by atoms with E-state index >= 15 is 0 Å². The van der Waals surface area contributed by atoms with Crippen LogP contribution in [0.3, 0.4) is 0 Å². The van der Waals surface area contributed by atoms with Crippen molar-refractivity contribution >= 4 is 17.5 Å². The molecule has 2 atom stereocenters. The number of rotatable bonds is 3. The summed E-state index contributed by atoms with van der Waals surface area (Å²) in [7, 11) is 0. The maximum absolute atomic E-state index is 13.3. The van der Waals surface area contributed by atoms with E-state index in [-0.39, 0.29) is 18.0 Å². The second-order valence-electron chi connectivity index (χ2n) is 6.18. The zero-order valence-electron chi connectivity index (χ0n) is 13.4. The number of thioether (sulfide) groups is 1. The van der Waals surface area contributed by atoms with Crippen LogP contribution >= 0.6 is 11.8 Å². The molecule has 124 valence electrons. The van der Waals surface area contributed by atoms with Crippen LogP contribution in [0.1, 0.15) is 28.8 Å². The van der Waals surface area contributed by atoms with Gasteiger partial charge in [0.15, 0.2) is 0 Å². The molecule has 2 fully saturated rings. The maximum Gasteiger partial charge on any atom is 0.261 e. The maximum atomic E-state index is 13.3. The average Bonchev–Trinajstić information content (AvgIpc) is 2.89. The molecular weight excluding hydrogens is 320 g/mol. The Bertz CT molecular complexity index is 687. The summed E-state index contributed by atoms with van der Waals surface area (Å²) < 4.78 is 12.7. The molecule has 0 aromatic heterocycles. The number of ether oxygens (including phenoxy) is 2. The predicted octanol–water partition coefficient (Wildman–Crippen LogP) is 4.03. The third kappa shape index (κ3) is 2.79. The zero-order valence-corrected chi connectivity index (χ0v) is 14.2. The number of hydrogen-bond acceptors (Lipinski definition) is 4. The number of ketones is 1. The number of hydrogen-bond donors (Lipinski definition) is 0. The summed E-state index contributed by atoms with van der Waals surface area (Å²) >= 11 is 1.93. The van der Waals surface area contributed by atoms with Crippen molar-refractivity contribution in [2.24, 2.45) is 0 Å². The molecule has 2 aliphatic heterocycles. The van der Waals surface area contributed by atoms with Crippen molar-refractivity contribution in [2.75, 3.05) is 11.5 Å². The van der Waals surface area contributed by atoms with Gasteiger partial charge in [-0.2, -0.15) is 11.8 Å². The van der Waals surface area contributed by atoms with E-state index in [4.69, 9.17) is 9.47 Å². The van der Waals surface area contributed by atoms with Crippen molar-refractivity contribution < 1.29 is 14.3 Å². The molecule has 2 aliphatic rings. The summed E-state index contributed by atoms with van der Waals surface area (Å²) in [6.07, 6.45) is 1.80. The molecule has 0 aliphatic carbocycles. The van der Waals surface area contributed by atoms with Gasteiger partial charge in [0.05, 0.1) is 12.2 Å². The Balaban J connectivity index is 1.76. The Morgan fingerprint density at radius 1 is 0.875 bits per heavy atom. The predicted molar refractivity (Wildman–Crippen MR) is 95.2 cm³/mol. The fourth-order valence-corrected chi connectivity index (χ4v) is 4.41. The zero-order chi connectivity index (χ0) is 16.4. The van der Waals surface area contributed by atoms with Crippen molar-refractivity contribution in [1.29, 1.82) is 0 Å². The first kappa shape index (κ1) is 15.9. The monoisotopic (exact) mass is 340 g/mol. The molecule has 2 saturated heterocycles. The summed E-state index contributed by atoms with van der Waals surface area (Å²) in [6.45, 7) is 0. The van der Waals surface area contributed by atoms with Crippen LogP contribution < -0.4 is 0 Å². The quantitative estimate of drug-likeness (QED) is 0.790. The van der Waals surface area contributed by atoms with Gasteiger partial charge in [-0.1, -0.05) is 60.7 Å². The van der Waals surface area contributed by atoms with E-state index in [1.54, 1.807) is 0 Å². The summed E-state index contributed by atoms with van der Waals surface area (Å²) in [6, 6.07) is 18.9. The number of Topliss-reactive ketones (excluding diaryl/α,β-unsaturated/α-hetero) is 1. The Labute approximate surface area is 146 Å². The first-order chi connectivity index (χ1) is 11.8. The molecule has 2 heterocycles.